The van der Waals surface area contributed by atoms with Crippen molar-refractivity contribution in [3.8, 4) is 5.75 Å². The fourth-order valence-corrected chi connectivity index (χ4v) is 5.30. The number of ether oxygens (including phenoxy) is 1. The predicted octanol–water partition coefficient (Wildman–Crippen LogP) is 5.33. The van der Waals surface area contributed by atoms with Gasteiger partial charge < -0.3 is 14.5 Å². The van der Waals surface area contributed by atoms with Crippen molar-refractivity contribution >= 4 is 11.8 Å². The van der Waals surface area contributed by atoms with E-state index in [1.165, 1.54) is 12.1 Å². The molecule has 0 N–H and O–H groups in total. The van der Waals surface area contributed by atoms with Crippen molar-refractivity contribution in [1.29, 1.82) is 0 Å². The van der Waals surface area contributed by atoms with E-state index in [0.717, 1.165) is 49.0 Å². The van der Waals surface area contributed by atoms with E-state index in [2.05, 4.69) is 0 Å². The molecule has 0 aromatic heterocycles. The summed E-state index contributed by atoms with van der Waals surface area (Å²) < 4.78 is 18.9. The molecule has 2 heterocycles. The van der Waals surface area contributed by atoms with Gasteiger partial charge in [-0.2, -0.15) is 0 Å². The van der Waals surface area contributed by atoms with Gasteiger partial charge in [0.25, 0.3) is 5.91 Å². The molecule has 2 aliphatic rings. The fourth-order valence-electron chi connectivity index (χ4n) is 5.30. The van der Waals surface area contributed by atoms with Crippen molar-refractivity contribution in [3.63, 3.8) is 0 Å². The van der Waals surface area contributed by atoms with Crippen LogP contribution < -0.4 is 4.74 Å². The van der Waals surface area contributed by atoms with Gasteiger partial charge in [-0.15, -0.1) is 0 Å². The maximum atomic E-state index is 14.1. The number of nitrogens with zero attached hydrogens (tertiary/aromatic N) is 2. The predicted molar refractivity (Wildman–Crippen MR) is 132 cm³/mol. The Labute approximate surface area is 205 Å². The molecule has 180 valence electrons. The summed E-state index contributed by atoms with van der Waals surface area (Å²) >= 11 is 0. The molecule has 0 saturated carbocycles. The van der Waals surface area contributed by atoms with Crippen molar-refractivity contribution in [2.24, 2.45) is 0 Å². The highest BCUT2D eigenvalue weighted by Crippen LogP contribution is 2.45. The summed E-state index contributed by atoms with van der Waals surface area (Å²) in [4.78, 5) is 31.6. The molecular formula is C29H29FN2O3. The van der Waals surface area contributed by atoms with Crippen LogP contribution >= 0.6 is 0 Å². The monoisotopic (exact) mass is 472 g/mol. The fraction of sp³-hybridized carbons (Fsp3) is 0.310. The molecule has 35 heavy (non-hydrogen) atoms. The Bertz CT molecular complexity index is 1200. The number of amides is 2. The van der Waals surface area contributed by atoms with Crippen LogP contribution in [0.2, 0.25) is 0 Å². The Balaban J connectivity index is 1.64. The Morgan fingerprint density at radius 1 is 0.943 bits per heavy atom. The minimum atomic E-state index is -0.532. The zero-order chi connectivity index (χ0) is 24.4. The second kappa shape index (κ2) is 9.90. The van der Waals surface area contributed by atoms with E-state index in [9.17, 15) is 14.0 Å². The van der Waals surface area contributed by atoms with Crippen LogP contribution in [-0.2, 0) is 11.3 Å². The van der Waals surface area contributed by atoms with Gasteiger partial charge >= 0.3 is 0 Å². The molecule has 0 bridgehead atoms. The molecule has 2 aliphatic heterocycles. The van der Waals surface area contributed by atoms with Crippen LogP contribution in [0.3, 0.4) is 0 Å². The van der Waals surface area contributed by atoms with Crippen LogP contribution in [0, 0.1) is 5.82 Å². The summed E-state index contributed by atoms with van der Waals surface area (Å²) in [6.45, 7) is 1.74. The first kappa shape index (κ1) is 23.1. The van der Waals surface area contributed by atoms with E-state index in [0.29, 0.717) is 11.3 Å². The van der Waals surface area contributed by atoms with Crippen molar-refractivity contribution in [3.05, 3.63) is 101 Å². The Hall–Kier alpha value is -3.67. The smallest absolute Gasteiger partial charge is 0.255 e. The molecule has 5 rings (SSSR count). The van der Waals surface area contributed by atoms with Crippen LogP contribution in [-0.4, -0.2) is 41.8 Å². The molecule has 2 atom stereocenters. The van der Waals surface area contributed by atoms with Gasteiger partial charge in [0.2, 0.25) is 5.91 Å². The quantitative estimate of drug-likeness (QED) is 0.505. The molecule has 1 saturated heterocycles. The van der Waals surface area contributed by atoms with Gasteiger partial charge in [-0.1, -0.05) is 42.5 Å². The normalized spacial score (nSPS) is 19.9. The van der Waals surface area contributed by atoms with E-state index in [-0.39, 0.29) is 24.2 Å². The number of hydrogen-bond donors (Lipinski definition) is 0. The standard InChI is InChI=1S/C29H29FN2O3/c1-35-23-15-11-21(12-16-23)27-26(29(34)31-17-5-2-6-18-31)24-7-3-4-8-25(24)28(33)32(27)19-20-9-13-22(30)14-10-20/h3-4,7-16,26-27H,2,5-6,17-19H2,1H3/t26-,27+/m0/s1. The first-order chi connectivity index (χ1) is 17.1. The second-order valence-electron chi connectivity index (χ2n) is 9.23. The number of likely N-dealkylation sites (tertiary alicyclic amines) is 1. The molecular weight excluding hydrogens is 443 g/mol. The van der Waals surface area contributed by atoms with Gasteiger partial charge in [0, 0.05) is 25.2 Å². The highest BCUT2D eigenvalue weighted by atomic mass is 19.1. The third kappa shape index (κ3) is 4.53. The largest absolute Gasteiger partial charge is 0.497 e. The maximum Gasteiger partial charge on any atom is 0.255 e. The summed E-state index contributed by atoms with van der Waals surface area (Å²) in [5.74, 6) is -0.229. The van der Waals surface area contributed by atoms with Crippen molar-refractivity contribution in [2.45, 2.75) is 37.8 Å². The molecule has 3 aromatic carbocycles. The highest BCUT2D eigenvalue weighted by molar-refractivity contribution is 6.01. The SMILES string of the molecule is COc1ccc([C@@H]2[C@@H](C(=O)N3CCCCC3)c3ccccc3C(=O)N2Cc2ccc(F)cc2)cc1. The van der Waals surface area contributed by atoms with Gasteiger partial charge in [-0.25, -0.2) is 4.39 Å². The molecule has 6 heteroatoms. The third-order valence-corrected chi connectivity index (χ3v) is 7.10. The zero-order valence-electron chi connectivity index (χ0n) is 19.8. The lowest BCUT2D eigenvalue weighted by Crippen LogP contribution is -2.49. The van der Waals surface area contributed by atoms with E-state index < -0.39 is 12.0 Å². The first-order valence-electron chi connectivity index (χ1n) is 12.1. The van der Waals surface area contributed by atoms with Crippen molar-refractivity contribution in [1.82, 2.24) is 9.80 Å². The summed E-state index contributed by atoms with van der Waals surface area (Å²) in [6.07, 6.45) is 3.11. The molecule has 0 aliphatic carbocycles. The molecule has 1 fully saturated rings. The summed E-state index contributed by atoms with van der Waals surface area (Å²) in [5, 5.41) is 0. The molecule has 0 radical (unpaired) electrons. The molecule has 0 spiro atoms. The van der Waals surface area contributed by atoms with E-state index in [1.807, 2.05) is 47.4 Å². The molecule has 3 aromatic rings. The summed E-state index contributed by atoms with van der Waals surface area (Å²) in [6, 6.07) is 20.7. The average molecular weight is 473 g/mol. The number of methoxy groups -OCH3 is 1. The van der Waals surface area contributed by atoms with Crippen molar-refractivity contribution < 1.29 is 18.7 Å². The number of carbonyl (C=O) groups excluding carboxylic acids is 2. The number of halogens is 1. The van der Waals surface area contributed by atoms with Crippen LogP contribution in [0.25, 0.3) is 0 Å². The molecule has 2 amide bonds. The number of fused-ring (bicyclic) bond motifs is 1. The van der Waals surface area contributed by atoms with Gasteiger partial charge in [-0.3, -0.25) is 9.59 Å². The van der Waals surface area contributed by atoms with Gasteiger partial charge in [0.05, 0.1) is 19.1 Å². The number of hydrogen-bond acceptors (Lipinski definition) is 3. The van der Waals surface area contributed by atoms with Crippen molar-refractivity contribution in [2.75, 3.05) is 20.2 Å². The lowest BCUT2D eigenvalue weighted by molar-refractivity contribution is -0.135. The number of piperidine rings is 1. The molecule has 0 unspecified atom stereocenters. The van der Waals surface area contributed by atoms with Gasteiger partial charge in [0.15, 0.2) is 0 Å². The number of rotatable bonds is 5. The zero-order valence-corrected chi connectivity index (χ0v) is 19.8. The third-order valence-electron chi connectivity index (χ3n) is 7.10. The lowest BCUT2D eigenvalue weighted by Gasteiger charge is -2.44. The van der Waals surface area contributed by atoms with E-state index in [4.69, 9.17) is 4.74 Å². The topological polar surface area (TPSA) is 49.9 Å². The highest BCUT2D eigenvalue weighted by Gasteiger charge is 2.45. The Morgan fingerprint density at radius 3 is 2.31 bits per heavy atom. The number of carbonyl (C=O) groups is 2. The summed E-state index contributed by atoms with van der Waals surface area (Å²) in [7, 11) is 1.61. The van der Waals surface area contributed by atoms with Crippen LogP contribution in [0.4, 0.5) is 4.39 Å². The minimum Gasteiger partial charge on any atom is -0.497 e. The maximum absolute atomic E-state index is 14.1. The average Bonchev–Trinajstić information content (AvgIpc) is 2.91. The Morgan fingerprint density at radius 2 is 1.63 bits per heavy atom. The second-order valence-corrected chi connectivity index (χ2v) is 9.23. The van der Waals surface area contributed by atoms with Crippen LogP contribution in [0.5, 0.6) is 5.75 Å². The molecule has 5 nitrogen and oxygen atoms in total. The first-order valence-corrected chi connectivity index (χ1v) is 12.1. The summed E-state index contributed by atoms with van der Waals surface area (Å²) in [5.41, 5.74) is 2.99. The van der Waals surface area contributed by atoms with Crippen LogP contribution in [0.1, 0.15) is 58.3 Å². The Kier molecular flexibility index (Phi) is 6.53. The lowest BCUT2D eigenvalue weighted by atomic mass is 9.78. The van der Waals surface area contributed by atoms with Gasteiger partial charge in [0.1, 0.15) is 11.6 Å². The van der Waals surface area contributed by atoms with E-state index >= 15 is 0 Å². The van der Waals surface area contributed by atoms with Crippen LogP contribution in [0.15, 0.2) is 72.8 Å². The number of benzene rings is 3. The minimum absolute atomic E-state index is 0.0505. The van der Waals surface area contributed by atoms with E-state index in [1.54, 1.807) is 30.2 Å². The van der Waals surface area contributed by atoms with Gasteiger partial charge in [-0.05, 0) is 66.3 Å².